The molecule has 4 heterocycles. The fourth-order valence-corrected chi connectivity index (χ4v) is 2.71. The molecule has 0 aromatic carbocycles. The fraction of sp³-hybridized carbons (Fsp3) is 0.286. The highest BCUT2D eigenvalue weighted by molar-refractivity contribution is 5.92. The number of pyridine rings is 1. The van der Waals surface area contributed by atoms with Crippen molar-refractivity contribution in [2.45, 2.75) is 18.9 Å². The molecule has 0 bridgehead atoms. The minimum absolute atomic E-state index is 0.190. The lowest BCUT2D eigenvalue weighted by Crippen LogP contribution is -2.31. The number of hydrogen-bond donors (Lipinski definition) is 1. The molecule has 0 unspecified atom stereocenters. The van der Waals surface area contributed by atoms with Gasteiger partial charge in [-0.05, 0) is 25.0 Å². The SMILES string of the molecule is O=C(c1cn[nH]n1)N1CCC[C@H]1c1nc(-c2ccncc2)no1. The number of H-pyrrole nitrogens is 1. The van der Waals surface area contributed by atoms with Crippen LogP contribution in [0.5, 0.6) is 0 Å². The van der Waals surface area contributed by atoms with Crippen molar-refractivity contribution < 1.29 is 9.32 Å². The van der Waals surface area contributed by atoms with Gasteiger partial charge in [0, 0.05) is 24.5 Å². The first-order valence-corrected chi connectivity index (χ1v) is 7.23. The first kappa shape index (κ1) is 13.6. The molecule has 3 aromatic rings. The Bertz CT molecular complexity index is 800. The summed E-state index contributed by atoms with van der Waals surface area (Å²) in [4.78, 5) is 22.6. The van der Waals surface area contributed by atoms with E-state index in [0.717, 1.165) is 18.4 Å². The molecule has 116 valence electrons. The van der Waals surface area contributed by atoms with Gasteiger partial charge in [-0.3, -0.25) is 9.78 Å². The summed E-state index contributed by atoms with van der Waals surface area (Å²) in [6.45, 7) is 0.628. The van der Waals surface area contributed by atoms with Crippen molar-refractivity contribution in [1.82, 2.24) is 35.4 Å². The van der Waals surface area contributed by atoms with E-state index in [0.29, 0.717) is 18.3 Å². The summed E-state index contributed by atoms with van der Waals surface area (Å²) in [6, 6.07) is 3.38. The molecule has 9 nitrogen and oxygen atoms in total. The molecule has 0 aliphatic carbocycles. The predicted molar refractivity (Wildman–Crippen MR) is 76.9 cm³/mol. The maximum absolute atomic E-state index is 12.5. The van der Waals surface area contributed by atoms with Crippen molar-refractivity contribution in [1.29, 1.82) is 0 Å². The van der Waals surface area contributed by atoms with E-state index in [1.807, 2.05) is 12.1 Å². The van der Waals surface area contributed by atoms with Gasteiger partial charge in [0.25, 0.3) is 5.91 Å². The van der Waals surface area contributed by atoms with Crippen LogP contribution in [0.3, 0.4) is 0 Å². The molecule has 0 spiro atoms. The number of carbonyl (C=O) groups is 1. The molecule has 0 saturated carbocycles. The molecule has 1 aliphatic rings. The fourth-order valence-electron chi connectivity index (χ4n) is 2.71. The van der Waals surface area contributed by atoms with Gasteiger partial charge in [0.15, 0.2) is 5.69 Å². The van der Waals surface area contributed by atoms with Crippen LogP contribution in [0, 0.1) is 0 Å². The number of hydrogen-bond acceptors (Lipinski definition) is 7. The zero-order chi connectivity index (χ0) is 15.6. The van der Waals surface area contributed by atoms with Gasteiger partial charge < -0.3 is 9.42 Å². The molecule has 9 heteroatoms. The molecular formula is C14H13N7O2. The van der Waals surface area contributed by atoms with Gasteiger partial charge in [0.2, 0.25) is 11.7 Å². The molecule has 1 atom stereocenters. The second-order valence-corrected chi connectivity index (χ2v) is 5.20. The van der Waals surface area contributed by atoms with Crippen molar-refractivity contribution in [3.63, 3.8) is 0 Å². The molecule has 1 fully saturated rings. The monoisotopic (exact) mass is 311 g/mol. The highest BCUT2D eigenvalue weighted by atomic mass is 16.5. The summed E-state index contributed by atoms with van der Waals surface area (Å²) < 4.78 is 5.38. The Morgan fingerprint density at radius 3 is 3.00 bits per heavy atom. The summed E-state index contributed by atoms with van der Waals surface area (Å²) in [5, 5.41) is 14.0. The quantitative estimate of drug-likeness (QED) is 0.773. The molecule has 23 heavy (non-hydrogen) atoms. The number of likely N-dealkylation sites (tertiary alicyclic amines) is 1. The third-order valence-electron chi connectivity index (χ3n) is 3.81. The average molecular weight is 311 g/mol. The van der Waals surface area contributed by atoms with Gasteiger partial charge in [-0.1, -0.05) is 5.16 Å². The topological polar surface area (TPSA) is 114 Å². The van der Waals surface area contributed by atoms with Crippen LogP contribution in [0.2, 0.25) is 0 Å². The van der Waals surface area contributed by atoms with E-state index < -0.39 is 0 Å². The van der Waals surface area contributed by atoms with Gasteiger partial charge in [0.1, 0.15) is 6.04 Å². The van der Waals surface area contributed by atoms with Crippen LogP contribution < -0.4 is 0 Å². The maximum Gasteiger partial charge on any atom is 0.276 e. The molecular weight excluding hydrogens is 298 g/mol. The number of carbonyl (C=O) groups excluding carboxylic acids is 1. The summed E-state index contributed by atoms with van der Waals surface area (Å²) in [5.74, 6) is 0.735. The van der Waals surface area contributed by atoms with E-state index in [1.54, 1.807) is 17.3 Å². The van der Waals surface area contributed by atoms with Crippen molar-refractivity contribution in [2.24, 2.45) is 0 Å². The van der Waals surface area contributed by atoms with Crippen molar-refractivity contribution >= 4 is 5.91 Å². The zero-order valence-corrected chi connectivity index (χ0v) is 12.1. The van der Waals surface area contributed by atoms with Gasteiger partial charge >= 0.3 is 0 Å². The van der Waals surface area contributed by atoms with Crippen LogP contribution in [0.4, 0.5) is 0 Å². The van der Waals surface area contributed by atoms with Gasteiger partial charge in [0.05, 0.1) is 6.20 Å². The standard InChI is InChI=1S/C14H13N7O2/c22-14(10-8-16-20-18-10)21-7-1-2-11(21)13-17-12(19-23-13)9-3-5-15-6-4-9/h3-6,8,11H,1-2,7H2,(H,16,18,20)/t11-/m0/s1. The Balaban J connectivity index is 1.60. The Morgan fingerprint density at radius 2 is 2.22 bits per heavy atom. The van der Waals surface area contributed by atoms with Crippen LogP contribution in [0.25, 0.3) is 11.4 Å². The largest absolute Gasteiger partial charge is 0.337 e. The molecule has 1 saturated heterocycles. The highest BCUT2D eigenvalue weighted by Gasteiger charge is 2.35. The zero-order valence-electron chi connectivity index (χ0n) is 12.1. The van der Waals surface area contributed by atoms with E-state index in [2.05, 4.69) is 30.5 Å². The van der Waals surface area contributed by atoms with Crippen LogP contribution in [-0.4, -0.2) is 47.9 Å². The number of nitrogens with one attached hydrogen (secondary N) is 1. The van der Waals surface area contributed by atoms with Crippen LogP contribution >= 0.6 is 0 Å². The third-order valence-corrected chi connectivity index (χ3v) is 3.81. The Kier molecular flexibility index (Phi) is 3.30. The first-order chi connectivity index (χ1) is 11.3. The van der Waals surface area contributed by atoms with Gasteiger partial charge in [-0.25, -0.2) is 0 Å². The average Bonchev–Trinajstić information content (AvgIpc) is 3.35. The summed E-state index contributed by atoms with van der Waals surface area (Å²) in [6.07, 6.45) is 6.40. The normalized spacial score (nSPS) is 17.6. The first-order valence-electron chi connectivity index (χ1n) is 7.23. The molecule has 3 aromatic heterocycles. The number of rotatable bonds is 3. The summed E-state index contributed by atoms with van der Waals surface area (Å²) >= 11 is 0. The minimum atomic E-state index is -0.234. The van der Waals surface area contributed by atoms with Crippen LogP contribution in [-0.2, 0) is 0 Å². The predicted octanol–water partition coefficient (Wildman–Crippen LogP) is 1.23. The van der Waals surface area contributed by atoms with Crippen molar-refractivity contribution in [3.8, 4) is 11.4 Å². The van der Waals surface area contributed by atoms with Gasteiger partial charge in [-0.2, -0.15) is 20.4 Å². The minimum Gasteiger partial charge on any atom is -0.337 e. The second-order valence-electron chi connectivity index (χ2n) is 5.20. The van der Waals surface area contributed by atoms with E-state index in [4.69, 9.17) is 4.52 Å². The molecule has 4 rings (SSSR count). The number of nitrogens with zero attached hydrogens (tertiary/aromatic N) is 6. The molecule has 0 radical (unpaired) electrons. The highest BCUT2D eigenvalue weighted by Crippen LogP contribution is 2.32. The maximum atomic E-state index is 12.5. The molecule has 1 amide bonds. The van der Waals surface area contributed by atoms with Crippen LogP contribution in [0.15, 0.2) is 35.2 Å². The third kappa shape index (κ3) is 2.45. The second kappa shape index (κ2) is 5.59. The Morgan fingerprint density at radius 1 is 1.35 bits per heavy atom. The Hall–Kier alpha value is -3.10. The molecule has 1 N–H and O–H groups in total. The number of aromatic amines is 1. The van der Waals surface area contributed by atoms with Crippen molar-refractivity contribution in [3.05, 3.63) is 42.3 Å². The molecule has 1 aliphatic heterocycles. The van der Waals surface area contributed by atoms with Crippen LogP contribution in [0.1, 0.15) is 35.3 Å². The Labute approximate surface area is 130 Å². The lowest BCUT2D eigenvalue weighted by atomic mass is 10.2. The summed E-state index contributed by atoms with van der Waals surface area (Å²) in [5.41, 5.74) is 1.10. The van der Waals surface area contributed by atoms with E-state index in [1.165, 1.54) is 6.20 Å². The number of amides is 1. The van der Waals surface area contributed by atoms with Gasteiger partial charge in [-0.15, -0.1) is 0 Å². The van der Waals surface area contributed by atoms with E-state index in [-0.39, 0.29) is 17.6 Å². The lowest BCUT2D eigenvalue weighted by Gasteiger charge is -2.20. The number of aromatic nitrogens is 6. The van der Waals surface area contributed by atoms with Crippen molar-refractivity contribution in [2.75, 3.05) is 6.54 Å². The smallest absolute Gasteiger partial charge is 0.276 e. The summed E-state index contributed by atoms with van der Waals surface area (Å²) in [7, 11) is 0. The lowest BCUT2D eigenvalue weighted by molar-refractivity contribution is 0.0704. The van der Waals surface area contributed by atoms with E-state index >= 15 is 0 Å². The van der Waals surface area contributed by atoms with E-state index in [9.17, 15) is 4.79 Å².